The quantitative estimate of drug-likeness (QED) is 0.469. The van der Waals surface area contributed by atoms with Crippen LogP contribution in [0.4, 0.5) is 13.2 Å². The summed E-state index contributed by atoms with van der Waals surface area (Å²) >= 11 is 0. The Bertz CT molecular complexity index is 1410. The van der Waals surface area contributed by atoms with Gasteiger partial charge >= 0.3 is 6.18 Å². The van der Waals surface area contributed by atoms with E-state index in [-0.39, 0.29) is 28.0 Å². The van der Waals surface area contributed by atoms with Crippen LogP contribution in [-0.4, -0.2) is 48.5 Å². The smallest absolute Gasteiger partial charge is 0.310 e. The van der Waals surface area contributed by atoms with Crippen LogP contribution in [0.2, 0.25) is 0 Å². The van der Waals surface area contributed by atoms with Gasteiger partial charge in [-0.25, -0.2) is 33.0 Å². The van der Waals surface area contributed by atoms with Crippen molar-refractivity contribution in [2.75, 3.05) is 5.75 Å². The lowest BCUT2D eigenvalue weighted by Gasteiger charge is -2.10. The summed E-state index contributed by atoms with van der Waals surface area (Å²) in [4.78, 5) is 16.3. The van der Waals surface area contributed by atoms with Crippen molar-refractivity contribution in [3.8, 4) is 17.3 Å². The van der Waals surface area contributed by atoms with E-state index in [1.165, 1.54) is 19.1 Å². The van der Waals surface area contributed by atoms with Crippen LogP contribution < -0.4 is 0 Å². The van der Waals surface area contributed by atoms with Crippen LogP contribution in [0, 0.1) is 6.92 Å². The van der Waals surface area contributed by atoms with Crippen LogP contribution in [0.15, 0.2) is 35.6 Å². The van der Waals surface area contributed by atoms with Gasteiger partial charge in [-0.15, -0.1) is 5.10 Å². The molecule has 0 amide bonds. The molecular weight excluding hydrogens is 435 g/mol. The molecule has 4 aromatic rings. The van der Waals surface area contributed by atoms with Gasteiger partial charge in [-0.05, 0) is 30.7 Å². The highest BCUT2D eigenvalue weighted by Gasteiger charge is 2.36. The number of sulfone groups is 1. The number of alkyl halides is 3. The molecular formula is C18H16F3N7O2S. The lowest BCUT2D eigenvalue weighted by Crippen LogP contribution is -2.12. The first-order chi connectivity index (χ1) is 14.5. The Morgan fingerprint density at radius 1 is 1.13 bits per heavy atom. The second kappa shape index (κ2) is 7.11. The number of aromatic nitrogens is 7. The van der Waals surface area contributed by atoms with Gasteiger partial charge in [0, 0.05) is 13.2 Å². The number of pyridine rings is 2. The number of rotatable bonds is 4. The van der Waals surface area contributed by atoms with E-state index in [0.717, 1.165) is 16.6 Å². The van der Waals surface area contributed by atoms with Gasteiger partial charge in [0.05, 0.1) is 10.6 Å². The number of hydrogen-bond acceptors (Lipinski definition) is 7. The fourth-order valence-corrected chi connectivity index (χ4v) is 4.04. The molecule has 9 nitrogen and oxygen atoms in total. The predicted molar refractivity (Wildman–Crippen MR) is 104 cm³/mol. The summed E-state index contributed by atoms with van der Waals surface area (Å²) in [6.07, 6.45) is -2.21. The molecule has 0 spiro atoms. The van der Waals surface area contributed by atoms with Crippen LogP contribution >= 0.6 is 0 Å². The first-order valence-electron chi connectivity index (χ1n) is 9.03. The van der Waals surface area contributed by atoms with Crippen LogP contribution in [-0.2, 0) is 23.1 Å². The minimum atomic E-state index is -4.72. The fourth-order valence-electron chi connectivity index (χ4n) is 3.02. The maximum absolute atomic E-state index is 12.9. The molecule has 0 saturated heterocycles. The first kappa shape index (κ1) is 20.9. The van der Waals surface area contributed by atoms with Gasteiger partial charge in [-0.1, -0.05) is 6.92 Å². The van der Waals surface area contributed by atoms with E-state index in [9.17, 15) is 21.6 Å². The van der Waals surface area contributed by atoms with Gasteiger partial charge in [0.2, 0.25) is 0 Å². The maximum atomic E-state index is 12.9. The molecule has 0 saturated carbocycles. The van der Waals surface area contributed by atoms with Gasteiger partial charge in [0.1, 0.15) is 17.5 Å². The molecule has 0 aliphatic rings. The molecule has 162 valence electrons. The van der Waals surface area contributed by atoms with E-state index in [0.29, 0.717) is 11.2 Å². The van der Waals surface area contributed by atoms with Crippen molar-refractivity contribution in [1.29, 1.82) is 0 Å². The number of nitrogens with zero attached hydrogens (tertiary/aromatic N) is 7. The Balaban J connectivity index is 1.96. The lowest BCUT2D eigenvalue weighted by molar-refractivity contribution is -0.144. The van der Waals surface area contributed by atoms with Crippen molar-refractivity contribution in [2.24, 2.45) is 7.05 Å². The Kier molecular flexibility index (Phi) is 4.80. The summed E-state index contributed by atoms with van der Waals surface area (Å²) in [5, 5.41) is 3.40. The zero-order valence-corrected chi connectivity index (χ0v) is 17.4. The third kappa shape index (κ3) is 3.65. The molecule has 0 unspecified atom stereocenters. The van der Waals surface area contributed by atoms with E-state index >= 15 is 0 Å². The second-order valence-corrected chi connectivity index (χ2v) is 9.03. The van der Waals surface area contributed by atoms with E-state index in [1.807, 2.05) is 6.92 Å². The highest BCUT2D eigenvalue weighted by Crippen LogP contribution is 2.30. The highest BCUT2D eigenvalue weighted by molar-refractivity contribution is 7.91. The third-order valence-corrected chi connectivity index (χ3v) is 6.36. The standard InChI is InChI=1S/C18H16F3N7O2S/c1-4-31(29,30)12-5-6-13(28-9-23-17(26-28)18(19,20)21)25-14(12)16-24-11-7-10(2)8-22-15(11)27(16)3/h5-9H,4H2,1-3H3. The van der Waals surface area contributed by atoms with E-state index in [4.69, 9.17) is 0 Å². The van der Waals surface area contributed by atoms with Crippen molar-refractivity contribution < 1.29 is 21.6 Å². The molecule has 0 aromatic carbocycles. The van der Waals surface area contributed by atoms with Gasteiger partial charge < -0.3 is 4.57 Å². The molecule has 0 fully saturated rings. The first-order valence-corrected chi connectivity index (χ1v) is 10.7. The predicted octanol–water partition coefficient (Wildman–Crippen LogP) is 2.73. The maximum Gasteiger partial charge on any atom is 0.453 e. The summed E-state index contributed by atoms with van der Waals surface area (Å²) in [6.45, 7) is 3.33. The highest BCUT2D eigenvalue weighted by atomic mass is 32.2. The van der Waals surface area contributed by atoms with Crippen molar-refractivity contribution in [3.63, 3.8) is 0 Å². The normalized spacial score (nSPS) is 12.6. The summed E-state index contributed by atoms with van der Waals surface area (Å²) in [7, 11) is -2.06. The summed E-state index contributed by atoms with van der Waals surface area (Å²) < 4.78 is 66.4. The molecule has 0 aliphatic heterocycles. The largest absolute Gasteiger partial charge is 0.453 e. The molecule has 0 radical (unpaired) electrons. The van der Waals surface area contributed by atoms with Crippen LogP contribution in [0.3, 0.4) is 0 Å². The molecule has 31 heavy (non-hydrogen) atoms. The summed E-state index contributed by atoms with van der Waals surface area (Å²) in [6, 6.07) is 4.34. The van der Waals surface area contributed by atoms with E-state index in [1.54, 1.807) is 23.9 Å². The fraction of sp³-hybridized carbons (Fsp3) is 0.278. The van der Waals surface area contributed by atoms with Gasteiger partial charge in [0.15, 0.2) is 27.1 Å². The van der Waals surface area contributed by atoms with Crippen molar-refractivity contribution >= 4 is 21.0 Å². The topological polar surface area (TPSA) is 108 Å². The number of hydrogen-bond donors (Lipinski definition) is 0. The molecule has 4 rings (SSSR count). The SMILES string of the molecule is CCS(=O)(=O)c1ccc(-n2cnc(C(F)(F)F)n2)nc1-c1nc2cc(C)cnc2n1C. The molecule has 13 heteroatoms. The monoisotopic (exact) mass is 451 g/mol. The van der Waals surface area contributed by atoms with E-state index < -0.39 is 21.8 Å². The summed E-state index contributed by atoms with van der Waals surface area (Å²) in [5.41, 5.74) is 1.89. The number of aryl methyl sites for hydroxylation is 2. The van der Waals surface area contributed by atoms with Crippen molar-refractivity contribution in [3.05, 3.63) is 42.1 Å². The van der Waals surface area contributed by atoms with Crippen molar-refractivity contribution in [1.82, 2.24) is 34.3 Å². The third-order valence-electron chi connectivity index (χ3n) is 4.60. The van der Waals surface area contributed by atoms with E-state index in [2.05, 4.69) is 25.0 Å². The number of imidazole rings is 1. The Morgan fingerprint density at radius 2 is 1.87 bits per heavy atom. The Morgan fingerprint density at radius 3 is 2.52 bits per heavy atom. The minimum absolute atomic E-state index is 0.0124. The van der Waals surface area contributed by atoms with Gasteiger partial charge in [-0.3, -0.25) is 0 Å². The Labute approximate surface area is 174 Å². The average molecular weight is 451 g/mol. The zero-order valence-electron chi connectivity index (χ0n) is 16.6. The minimum Gasteiger partial charge on any atom is -0.310 e. The second-order valence-electron chi connectivity index (χ2n) is 6.78. The van der Waals surface area contributed by atoms with Crippen molar-refractivity contribution in [2.45, 2.75) is 24.9 Å². The van der Waals surface area contributed by atoms with Gasteiger partial charge in [0.25, 0.3) is 5.82 Å². The van der Waals surface area contributed by atoms with Crippen LogP contribution in [0.1, 0.15) is 18.3 Å². The molecule has 0 bridgehead atoms. The van der Waals surface area contributed by atoms with Gasteiger partial charge in [-0.2, -0.15) is 13.2 Å². The molecule has 4 aromatic heterocycles. The summed E-state index contributed by atoms with van der Waals surface area (Å²) in [5.74, 6) is -1.35. The molecule has 0 N–H and O–H groups in total. The average Bonchev–Trinajstić information content (AvgIpc) is 3.33. The number of fused-ring (bicyclic) bond motifs is 1. The zero-order chi connectivity index (χ0) is 22.6. The van der Waals surface area contributed by atoms with Crippen LogP contribution in [0.5, 0.6) is 0 Å². The lowest BCUT2D eigenvalue weighted by atomic mass is 10.3. The number of halogens is 3. The molecule has 4 heterocycles. The molecule has 0 atom stereocenters. The van der Waals surface area contributed by atoms with Crippen LogP contribution in [0.25, 0.3) is 28.5 Å². The Hall–Kier alpha value is -3.35. The molecule has 0 aliphatic carbocycles.